The second-order valence-corrected chi connectivity index (χ2v) is 5.88. The zero-order valence-electron chi connectivity index (χ0n) is 11.5. The van der Waals surface area contributed by atoms with Crippen LogP contribution >= 0.6 is 0 Å². The molecule has 96 valence electrons. The van der Waals surface area contributed by atoms with Crippen LogP contribution in [0.2, 0.25) is 0 Å². The van der Waals surface area contributed by atoms with Crippen LogP contribution in [0.3, 0.4) is 0 Å². The van der Waals surface area contributed by atoms with Crippen molar-refractivity contribution < 1.29 is 14.9 Å². The van der Waals surface area contributed by atoms with Gasteiger partial charge in [0.2, 0.25) is 0 Å². The SMILES string of the molecule is COc1cc(C(C)(C)C)c(O)c(C(C)(C)O)c1. The molecule has 3 heteroatoms. The molecule has 1 rings (SSSR count). The van der Waals surface area contributed by atoms with E-state index in [4.69, 9.17) is 4.74 Å². The van der Waals surface area contributed by atoms with Crippen molar-refractivity contribution in [1.29, 1.82) is 0 Å². The van der Waals surface area contributed by atoms with Gasteiger partial charge in [0, 0.05) is 11.1 Å². The van der Waals surface area contributed by atoms with Crippen LogP contribution in [0.1, 0.15) is 45.7 Å². The van der Waals surface area contributed by atoms with Crippen molar-refractivity contribution in [2.75, 3.05) is 7.11 Å². The Balaban J connectivity index is 3.53. The molecule has 0 aliphatic rings. The normalized spacial score (nSPS) is 12.6. The Hall–Kier alpha value is -1.22. The molecule has 0 heterocycles. The number of aromatic hydroxyl groups is 1. The number of methoxy groups -OCH3 is 1. The van der Waals surface area contributed by atoms with Gasteiger partial charge in [-0.1, -0.05) is 20.8 Å². The second kappa shape index (κ2) is 4.22. The van der Waals surface area contributed by atoms with Gasteiger partial charge in [0.25, 0.3) is 0 Å². The molecule has 0 aliphatic carbocycles. The zero-order valence-corrected chi connectivity index (χ0v) is 11.5. The number of benzene rings is 1. The lowest BCUT2D eigenvalue weighted by atomic mass is 9.82. The van der Waals surface area contributed by atoms with E-state index in [0.717, 1.165) is 5.56 Å². The Labute approximate surface area is 103 Å². The average Bonchev–Trinajstić information content (AvgIpc) is 2.14. The molecule has 1 aromatic carbocycles. The van der Waals surface area contributed by atoms with Crippen LogP contribution in [0.25, 0.3) is 0 Å². The Kier molecular flexibility index (Phi) is 3.44. The molecule has 3 nitrogen and oxygen atoms in total. The van der Waals surface area contributed by atoms with Gasteiger partial charge in [0.1, 0.15) is 11.5 Å². The fraction of sp³-hybridized carbons (Fsp3) is 0.571. The summed E-state index contributed by atoms with van der Waals surface area (Å²) in [6, 6.07) is 3.48. The van der Waals surface area contributed by atoms with Crippen LogP contribution in [0.5, 0.6) is 11.5 Å². The Morgan fingerprint density at radius 1 is 1.00 bits per heavy atom. The zero-order chi connectivity index (χ0) is 13.4. The third-order valence-corrected chi connectivity index (χ3v) is 2.79. The maximum absolute atomic E-state index is 10.3. The number of hydrogen-bond acceptors (Lipinski definition) is 3. The Morgan fingerprint density at radius 3 is 1.82 bits per heavy atom. The largest absolute Gasteiger partial charge is 0.507 e. The van der Waals surface area contributed by atoms with E-state index in [1.165, 1.54) is 0 Å². The van der Waals surface area contributed by atoms with Gasteiger partial charge in [0.15, 0.2) is 0 Å². The minimum atomic E-state index is -1.10. The molecule has 0 radical (unpaired) electrons. The number of phenols is 1. The molecular weight excluding hydrogens is 216 g/mol. The Bertz CT molecular complexity index is 373. The van der Waals surface area contributed by atoms with E-state index in [2.05, 4.69) is 0 Å². The molecule has 0 spiro atoms. The van der Waals surface area contributed by atoms with Crippen LogP contribution in [0.15, 0.2) is 12.1 Å². The number of rotatable bonds is 2. The summed E-state index contributed by atoms with van der Waals surface area (Å²) in [6.45, 7) is 9.32. The molecule has 0 atom stereocenters. The van der Waals surface area contributed by atoms with E-state index in [-0.39, 0.29) is 11.2 Å². The lowest BCUT2D eigenvalue weighted by molar-refractivity contribution is 0.0752. The van der Waals surface area contributed by atoms with Gasteiger partial charge >= 0.3 is 0 Å². The fourth-order valence-corrected chi connectivity index (χ4v) is 1.76. The Morgan fingerprint density at radius 2 is 1.47 bits per heavy atom. The molecule has 2 N–H and O–H groups in total. The lowest BCUT2D eigenvalue weighted by Gasteiger charge is -2.27. The minimum absolute atomic E-state index is 0.144. The van der Waals surface area contributed by atoms with Gasteiger partial charge in [-0.15, -0.1) is 0 Å². The summed E-state index contributed by atoms with van der Waals surface area (Å²) < 4.78 is 5.22. The summed E-state index contributed by atoms with van der Waals surface area (Å²) in [5.74, 6) is 0.788. The minimum Gasteiger partial charge on any atom is -0.507 e. The number of aliphatic hydroxyl groups is 1. The monoisotopic (exact) mass is 238 g/mol. The molecule has 0 aliphatic heterocycles. The van der Waals surface area contributed by atoms with Crippen LogP contribution in [-0.4, -0.2) is 17.3 Å². The third kappa shape index (κ3) is 2.91. The van der Waals surface area contributed by atoms with Crippen LogP contribution in [0.4, 0.5) is 0 Å². The molecule has 1 aromatic rings. The lowest BCUT2D eigenvalue weighted by Crippen LogP contribution is -2.19. The molecule has 0 aromatic heterocycles. The molecule has 0 saturated carbocycles. The summed E-state index contributed by atoms with van der Waals surface area (Å²) >= 11 is 0. The van der Waals surface area contributed by atoms with Crippen LogP contribution < -0.4 is 4.74 Å². The molecule has 0 saturated heterocycles. The van der Waals surface area contributed by atoms with E-state index in [1.807, 2.05) is 26.8 Å². The first-order valence-corrected chi connectivity index (χ1v) is 5.71. The summed E-state index contributed by atoms with van der Waals surface area (Å²) in [7, 11) is 1.58. The fourth-order valence-electron chi connectivity index (χ4n) is 1.76. The van der Waals surface area contributed by atoms with Crippen molar-refractivity contribution in [1.82, 2.24) is 0 Å². The summed E-state index contributed by atoms with van der Waals surface area (Å²) in [5.41, 5.74) is -0.0483. The van der Waals surface area contributed by atoms with E-state index < -0.39 is 5.60 Å². The average molecular weight is 238 g/mol. The maximum atomic E-state index is 10.3. The van der Waals surface area contributed by atoms with Crippen molar-refractivity contribution in [3.63, 3.8) is 0 Å². The molecule has 0 amide bonds. The highest BCUT2D eigenvalue weighted by atomic mass is 16.5. The summed E-state index contributed by atoms with van der Waals surface area (Å²) in [5, 5.41) is 20.3. The number of phenolic OH excluding ortho intramolecular Hbond substituents is 1. The van der Waals surface area contributed by atoms with Gasteiger partial charge in [-0.25, -0.2) is 0 Å². The van der Waals surface area contributed by atoms with E-state index in [0.29, 0.717) is 11.3 Å². The van der Waals surface area contributed by atoms with E-state index >= 15 is 0 Å². The first kappa shape index (κ1) is 13.8. The smallest absolute Gasteiger partial charge is 0.125 e. The van der Waals surface area contributed by atoms with E-state index in [1.54, 1.807) is 27.0 Å². The van der Waals surface area contributed by atoms with Gasteiger partial charge in [0.05, 0.1) is 12.7 Å². The van der Waals surface area contributed by atoms with Crippen LogP contribution in [0, 0.1) is 0 Å². The molecule has 0 unspecified atom stereocenters. The second-order valence-electron chi connectivity index (χ2n) is 5.88. The maximum Gasteiger partial charge on any atom is 0.125 e. The van der Waals surface area contributed by atoms with Crippen molar-refractivity contribution in [2.24, 2.45) is 0 Å². The predicted molar refractivity (Wildman–Crippen MR) is 68.6 cm³/mol. The van der Waals surface area contributed by atoms with E-state index in [9.17, 15) is 10.2 Å². The van der Waals surface area contributed by atoms with Gasteiger partial charge in [-0.2, -0.15) is 0 Å². The first-order chi connectivity index (χ1) is 7.57. The molecule has 17 heavy (non-hydrogen) atoms. The van der Waals surface area contributed by atoms with Crippen LogP contribution in [-0.2, 0) is 11.0 Å². The highest BCUT2D eigenvalue weighted by Gasteiger charge is 2.27. The molecular formula is C14H22O3. The third-order valence-electron chi connectivity index (χ3n) is 2.79. The molecule has 0 bridgehead atoms. The predicted octanol–water partition coefficient (Wildman–Crippen LogP) is 2.93. The molecule has 0 fully saturated rings. The van der Waals surface area contributed by atoms with Gasteiger partial charge < -0.3 is 14.9 Å². The summed E-state index contributed by atoms with van der Waals surface area (Å²) in [6.07, 6.45) is 0. The topological polar surface area (TPSA) is 49.7 Å². The highest BCUT2D eigenvalue weighted by molar-refractivity contribution is 5.51. The van der Waals surface area contributed by atoms with Crippen molar-refractivity contribution in [2.45, 2.75) is 45.6 Å². The summed E-state index contributed by atoms with van der Waals surface area (Å²) in [4.78, 5) is 0. The van der Waals surface area contributed by atoms with Crippen molar-refractivity contribution in [3.8, 4) is 11.5 Å². The van der Waals surface area contributed by atoms with Gasteiger partial charge in [-0.3, -0.25) is 0 Å². The highest BCUT2D eigenvalue weighted by Crippen LogP contribution is 2.40. The quantitative estimate of drug-likeness (QED) is 0.833. The first-order valence-electron chi connectivity index (χ1n) is 5.71. The number of ether oxygens (including phenoxy) is 1. The standard InChI is InChI=1S/C14H22O3/c1-13(2,3)10-7-9(17-6)8-11(12(10)15)14(4,5)16/h7-8,15-16H,1-6H3. The van der Waals surface area contributed by atoms with Gasteiger partial charge in [-0.05, 0) is 31.4 Å². The number of hydrogen-bond donors (Lipinski definition) is 2. The van der Waals surface area contributed by atoms with Crippen molar-refractivity contribution in [3.05, 3.63) is 23.3 Å². The van der Waals surface area contributed by atoms with Crippen molar-refractivity contribution >= 4 is 0 Å².